The van der Waals surface area contributed by atoms with E-state index in [4.69, 9.17) is 18.9 Å². The van der Waals surface area contributed by atoms with Gasteiger partial charge < -0.3 is 25.5 Å². The van der Waals surface area contributed by atoms with Crippen LogP contribution in [-0.4, -0.2) is 98.7 Å². The standard InChI is InChI=1S/C17H21NO5.C17H19NO5.B.Na.H/c2*1-3-7-13-14(19)10-18(15(13)16(20)22-2)17(21)23-11-12-8-5-4-6-9-12;;;/h3-6,8-9,13-15,19H,1,7,10-11H2,2H3;3-6,8-9,13,15H,1,7,10-11H2,2H3;;;/q;;;+1;-1/t13-,14+,15-;13?,15-;;;/m00.../s1. The first kappa shape index (κ1) is 42.1. The molecule has 1 N–H and O–H groups in total. The Morgan fingerprint density at radius 2 is 1.27 bits per heavy atom. The van der Waals surface area contributed by atoms with Crippen molar-refractivity contribution in [1.29, 1.82) is 0 Å². The van der Waals surface area contributed by atoms with Crippen LogP contribution in [0.3, 0.4) is 0 Å². The SMILES string of the molecule is C=CCC1C(=O)CN(C(=O)OCc2ccccc2)[C@@H]1C(=O)OC.C=CC[C@H]1[C@H](O)CN(C(=O)OCc2ccccc2)[C@@H]1C(=O)OC.[B].[H-].[Na+]. The molecule has 3 radical (unpaired) electrons. The normalized spacial score (nSPS) is 20.9. The molecule has 12 nitrogen and oxygen atoms in total. The number of hydrogen-bond donors (Lipinski definition) is 1. The van der Waals surface area contributed by atoms with Crippen molar-refractivity contribution in [1.82, 2.24) is 9.80 Å². The van der Waals surface area contributed by atoms with E-state index in [9.17, 15) is 29.1 Å². The number of benzene rings is 2. The van der Waals surface area contributed by atoms with Gasteiger partial charge in [-0.3, -0.25) is 14.6 Å². The predicted octanol–water partition coefficient (Wildman–Crippen LogP) is 0.411. The maximum Gasteiger partial charge on any atom is 1.00 e. The van der Waals surface area contributed by atoms with Crippen LogP contribution in [0.15, 0.2) is 86.0 Å². The molecule has 0 spiro atoms. The molecular weight excluding hydrogens is 630 g/mol. The molecule has 5 atom stereocenters. The summed E-state index contributed by atoms with van der Waals surface area (Å²) in [6, 6.07) is 16.6. The topological polar surface area (TPSA) is 149 Å². The molecule has 2 aromatic rings. The zero-order chi connectivity index (χ0) is 33.6. The van der Waals surface area contributed by atoms with Gasteiger partial charge in [-0.1, -0.05) is 72.8 Å². The molecule has 2 heterocycles. The van der Waals surface area contributed by atoms with E-state index in [1.54, 1.807) is 12.2 Å². The van der Waals surface area contributed by atoms with Crippen LogP contribution in [-0.2, 0) is 46.5 Å². The monoisotopic (exact) mass is 671 g/mol. The number of ether oxygens (including phenoxy) is 4. The number of methoxy groups -OCH3 is 2. The van der Waals surface area contributed by atoms with Crippen LogP contribution < -0.4 is 29.6 Å². The fourth-order valence-corrected chi connectivity index (χ4v) is 5.39. The molecule has 2 aromatic carbocycles. The van der Waals surface area contributed by atoms with E-state index in [0.29, 0.717) is 12.8 Å². The number of rotatable bonds is 10. The first-order valence-corrected chi connectivity index (χ1v) is 14.7. The first-order chi connectivity index (χ1) is 22.2. The third kappa shape index (κ3) is 11.1. The fraction of sp³-hybridized carbons (Fsp3) is 0.382. The first-order valence-electron chi connectivity index (χ1n) is 14.7. The number of allylic oxidation sites excluding steroid dienone is 2. The van der Waals surface area contributed by atoms with E-state index in [0.717, 1.165) is 16.0 Å². The van der Waals surface area contributed by atoms with Gasteiger partial charge in [0.2, 0.25) is 0 Å². The minimum absolute atomic E-state index is 0. The van der Waals surface area contributed by atoms with Crippen molar-refractivity contribution in [2.75, 3.05) is 27.3 Å². The van der Waals surface area contributed by atoms with Crippen LogP contribution in [0.4, 0.5) is 9.59 Å². The van der Waals surface area contributed by atoms with E-state index < -0.39 is 54.1 Å². The molecule has 2 aliphatic rings. The average Bonchev–Trinajstić information content (AvgIpc) is 3.59. The second kappa shape index (κ2) is 21.1. The van der Waals surface area contributed by atoms with Gasteiger partial charge in [0.1, 0.15) is 25.3 Å². The molecule has 48 heavy (non-hydrogen) atoms. The van der Waals surface area contributed by atoms with Crippen LogP contribution >= 0.6 is 0 Å². The second-order valence-corrected chi connectivity index (χ2v) is 10.6. The molecule has 0 aromatic heterocycles. The van der Waals surface area contributed by atoms with Gasteiger partial charge in [0.15, 0.2) is 5.78 Å². The number of nitrogens with zero attached hydrogens (tertiary/aromatic N) is 2. The van der Waals surface area contributed by atoms with Gasteiger partial charge in [0.05, 0.1) is 39.3 Å². The zero-order valence-electron chi connectivity index (χ0n) is 28.6. The Morgan fingerprint density at radius 1 is 0.812 bits per heavy atom. The Labute approximate surface area is 306 Å². The van der Waals surface area contributed by atoms with Gasteiger partial charge in [-0.2, -0.15) is 0 Å². The van der Waals surface area contributed by atoms with Crippen molar-refractivity contribution >= 4 is 38.3 Å². The van der Waals surface area contributed by atoms with Gasteiger partial charge in [-0.05, 0) is 24.0 Å². The summed E-state index contributed by atoms with van der Waals surface area (Å²) >= 11 is 0. The summed E-state index contributed by atoms with van der Waals surface area (Å²) in [7, 11) is 2.48. The molecular formula is C34H41BN2NaO10. The fourth-order valence-electron chi connectivity index (χ4n) is 5.39. The molecule has 2 saturated heterocycles. The third-order valence-electron chi connectivity index (χ3n) is 7.70. The Hall–Kier alpha value is -3.91. The van der Waals surface area contributed by atoms with E-state index >= 15 is 0 Å². The smallest absolute Gasteiger partial charge is 1.00 e. The van der Waals surface area contributed by atoms with Crippen molar-refractivity contribution in [3.63, 3.8) is 0 Å². The minimum atomic E-state index is -0.964. The molecule has 251 valence electrons. The Bertz CT molecular complexity index is 1390. The largest absolute Gasteiger partial charge is 1.00 e. The number of carbonyl (C=O) groups is 5. The maximum atomic E-state index is 12.3. The van der Waals surface area contributed by atoms with Gasteiger partial charge in [0, 0.05) is 14.3 Å². The summed E-state index contributed by atoms with van der Waals surface area (Å²) in [6.45, 7) is 7.26. The van der Waals surface area contributed by atoms with Crippen LogP contribution in [0.1, 0.15) is 25.4 Å². The van der Waals surface area contributed by atoms with Crippen molar-refractivity contribution in [3.05, 3.63) is 97.1 Å². The summed E-state index contributed by atoms with van der Waals surface area (Å²) in [5, 5.41) is 10.1. The van der Waals surface area contributed by atoms with Crippen molar-refractivity contribution in [2.24, 2.45) is 11.8 Å². The van der Waals surface area contributed by atoms with Gasteiger partial charge in [-0.25, -0.2) is 19.2 Å². The zero-order valence-corrected chi connectivity index (χ0v) is 29.6. The third-order valence-corrected chi connectivity index (χ3v) is 7.70. The number of amides is 2. The summed E-state index contributed by atoms with van der Waals surface area (Å²) in [5.74, 6) is -2.46. The summed E-state index contributed by atoms with van der Waals surface area (Å²) in [6.07, 6.45) is 1.71. The Balaban J connectivity index is 0.000000886. The van der Waals surface area contributed by atoms with Crippen molar-refractivity contribution < 1.29 is 79.0 Å². The number of Topliss-reactive ketones (excluding diaryl/α,β-unsaturated/α-hetero) is 1. The molecule has 1 unspecified atom stereocenters. The average molecular weight is 672 g/mol. The number of aliphatic hydroxyl groups excluding tert-OH is 1. The number of β-amino-alcohol motifs (C(OH)–C–C–N with tert-alkyl or cyclic N) is 1. The quantitative estimate of drug-likeness (QED) is 0.163. The Morgan fingerprint density at radius 3 is 1.73 bits per heavy atom. The molecule has 0 aliphatic carbocycles. The molecule has 4 rings (SSSR count). The van der Waals surface area contributed by atoms with E-state index in [2.05, 4.69) is 13.2 Å². The molecule has 2 aliphatic heterocycles. The maximum absolute atomic E-state index is 12.3. The van der Waals surface area contributed by atoms with Gasteiger partial charge >= 0.3 is 53.7 Å². The number of aliphatic hydroxyl groups is 1. The van der Waals surface area contributed by atoms with Crippen LogP contribution in [0, 0.1) is 11.8 Å². The number of ketones is 1. The summed E-state index contributed by atoms with van der Waals surface area (Å²) in [5.41, 5.74) is 1.67. The van der Waals surface area contributed by atoms with E-state index in [1.807, 2.05) is 60.7 Å². The Kier molecular flexibility index (Phi) is 18.6. The van der Waals surface area contributed by atoms with Gasteiger partial charge in [0.25, 0.3) is 0 Å². The van der Waals surface area contributed by atoms with Gasteiger partial charge in [-0.15, -0.1) is 13.2 Å². The number of esters is 2. The molecule has 2 fully saturated rings. The minimum Gasteiger partial charge on any atom is -1.00 e. The van der Waals surface area contributed by atoms with Crippen molar-refractivity contribution in [3.8, 4) is 0 Å². The van der Waals surface area contributed by atoms with Crippen LogP contribution in [0.5, 0.6) is 0 Å². The van der Waals surface area contributed by atoms with E-state index in [-0.39, 0.29) is 71.5 Å². The molecule has 0 saturated carbocycles. The van der Waals surface area contributed by atoms with E-state index in [1.165, 1.54) is 19.1 Å². The summed E-state index contributed by atoms with van der Waals surface area (Å²) < 4.78 is 20.0. The van der Waals surface area contributed by atoms with Crippen LogP contribution in [0.25, 0.3) is 0 Å². The molecule has 2 amide bonds. The number of likely N-dealkylation sites (tertiary alicyclic amines) is 2. The predicted molar refractivity (Wildman–Crippen MR) is 173 cm³/mol. The van der Waals surface area contributed by atoms with Crippen molar-refractivity contribution in [2.45, 2.75) is 44.2 Å². The van der Waals surface area contributed by atoms with Crippen LogP contribution in [0.2, 0.25) is 0 Å². The summed E-state index contributed by atoms with van der Waals surface area (Å²) in [4.78, 5) is 63.0. The number of carbonyl (C=O) groups excluding carboxylic acids is 5. The molecule has 14 heteroatoms. The second-order valence-electron chi connectivity index (χ2n) is 10.6. The number of hydrogen-bond acceptors (Lipinski definition) is 10. The molecule has 0 bridgehead atoms.